The van der Waals surface area contributed by atoms with Crippen molar-refractivity contribution in [2.45, 2.75) is 51.1 Å². The van der Waals surface area contributed by atoms with Crippen LogP contribution in [-0.2, 0) is 24.1 Å². The molecule has 0 saturated heterocycles. The molecular formula is C35H37N3O6S. The zero-order valence-electron chi connectivity index (χ0n) is 25.8. The van der Waals surface area contributed by atoms with Gasteiger partial charge in [-0.15, -0.1) is 0 Å². The SMILES string of the molecule is COc1cccc(-c2cccc(-c3nc(C(=O)NCc4ccc5c(c4)OCO5)cc4c3[C@H](CCO)N([S@@](=O)C(C)(C)C)C4)c2)c1. The molecule has 3 aromatic carbocycles. The van der Waals surface area contributed by atoms with E-state index in [2.05, 4.69) is 5.32 Å². The first-order valence-electron chi connectivity index (χ1n) is 14.9. The van der Waals surface area contributed by atoms with E-state index in [0.717, 1.165) is 39.1 Å². The number of carbonyl (C=O) groups excluding carboxylic acids is 1. The zero-order valence-corrected chi connectivity index (χ0v) is 26.6. The predicted octanol–water partition coefficient (Wildman–Crippen LogP) is 5.78. The molecule has 2 aliphatic rings. The molecular weight excluding hydrogens is 590 g/mol. The minimum absolute atomic E-state index is 0.0803. The van der Waals surface area contributed by atoms with Crippen LogP contribution in [0.2, 0.25) is 0 Å². The van der Waals surface area contributed by atoms with Crippen molar-refractivity contribution in [3.8, 4) is 39.6 Å². The van der Waals surface area contributed by atoms with Gasteiger partial charge in [-0.05, 0) is 85.8 Å². The molecule has 45 heavy (non-hydrogen) atoms. The number of pyridine rings is 1. The number of nitrogens with one attached hydrogen (secondary N) is 1. The van der Waals surface area contributed by atoms with Gasteiger partial charge in [0.2, 0.25) is 6.79 Å². The molecule has 4 aromatic rings. The first kappa shape index (κ1) is 30.8. The Morgan fingerprint density at radius 3 is 2.51 bits per heavy atom. The van der Waals surface area contributed by atoms with Gasteiger partial charge in [0.15, 0.2) is 11.5 Å². The van der Waals surface area contributed by atoms with Crippen molar-refractivity contribution in [2.24, 2.45) is 0 Å². The van der Waals surface area contributed by atoms with Crippen LogP contribution in [0.15, 0.2) is 72.8 Å². The van der Waals surface area contributed by atoms with Crippen LogP contribution >= 0.6 is 0 Å². The molecule has 9 nitrogen and oxygen atoms in total. The lowest BCUT2D eigenvalue weighted by atomic mass is 9.94. The van der Waals surface area contributed by atoms with Crippen molar-refractivity contribution in [1.29, 1.82) is 0 Å². The summed E-state index contributed by atoms with van der Waals surface area (Å²) in [6, 6.07) is 22.9. The van der Waals surface area contributed by atoms with Gasteiger partial charge in [-0.3, -0.25) is 4.79 Å². The number of nitrogens with zero attached hydrogens (tertiary/aromatic N) is 2. The molecule has 0 bridgehead atoms. The molecule has 3 heterocycles. The van der Waals surface area contributed by atoms with Gasteiger partial charge in [0, 0.05) is 30.8 Å². The van der Waals surface area contributed by atoms with Gasteiger partial charge >= 0.3 is 0 Å². The van der Waals surface area contributed by atoms with Gasteiger partial charge in [-0.25, -0.2) is 13.5 Å². The molecule has 10 heteroatoms. The summed E-state index contributed by atoms with van der Waals surface area (Å²) in [5, 5.41) is 13.1. The summed E-state index contributed by atoms with van der Waals surface area (Å²) in [5.74, 6) is 1.76. The van der Waals surface area contributed by atoms with Gasteiger partial charge in [0.25, 0.3) is 5.91 Å². The highest BCUT2D eigenvalue weighted by Crippen LogP contribution is 2.44. The standard InChI is InChI=1S/C35H37N3O6S/c1-35(2,3)45(41)38-20-26-18-28(34(40)36-19-22-11-12-30-31(15-22)44-21-43-30)37-33(32(26)29(38)13-14-39)25-9-5-7-23(16-25)24-8-6-10-27(17-24)42-4/h5-12,15-18,29,39H,13-14,19-21H2,1-4H3,(H,36,40)/t29-,45-/m0/s1. The van der Waals surface area contributed by atoms with Crippen LogP contribution in [0.4, 0.5) is 0 Å². The number of amides is 1. The van der Waals surface area contributed by atoms with Crippen molar-refractivity contribution in [2.75, 3.05) is 20.5 Å². The topological polar surface area (TPSA) is 110 Å². The number of hydrogen-bond acceptors (Lipinski definition) is 7. The van der Waals surface area contributed by atoms with Gasteiger partial charge in [-0.1, -0.05) is 36.4 Å². The number of benzene rings is 3. The van der Waals surface area contributed by atoms with E-state index in [1.165, 1.54) is 0 Å². The first-order valence-corrected chi connectivity index (χ1v) is 16.0. The summed E-state index contributed by atoms with van der Waals surface area (Å²) >= 11 is 0. The Labute approximate surface area is 265 Å². The first-order chi connectivity index (χ1) is 21.7. The molecule has 6 rings (SSSR count). The number of aliphatic hydroxyl groups is 1. The Balaban J connectivity index is 1.41. The molecule has 0 saturated carbocycles. The Morgan fingerprint density at radius 1 is 1.02 bits per heavy atom. The molecule has 0 spiro atoms. The normalized spacial score (nSPS) is 16.3. The van der Waals surface area contributed by atoms with Crippen LogP contribution in [0, 0.1) is 0 Å². The molecule has 0 aliphatic carbocycles. The molecule has 0 fully saturated rings. The second-order valence-corrected chi connectivity index (χ2v) is 14.3. The van der Waals surface area contributed by atoms with Gasteiger partial charge in [-0.2, -0.15) is 0 Å². The second-order valence-electron chi connectivity index (χ2n) is 12.1. The molecule has 2 atom stereocenters. The van der Waals surface area contributed by atoms with E-state index in [-0.39, 0.29) is 37.6 Å². The smallest absolute Gasteiger partial charge is 0.270 e. The van der Waals surface area contributed by atoms with E-state index in [1.54, 1.807) is 13.2 Å². The largest absolute Gasteiger partial charge is 0.497 e. The lowest BCUT2D eigenvalue weighted by Crippen LogP contribution is -2.36. The van der Waals surface area contributed by atoms with E-state index in [1.807, 2.05) is 91.8 Å². The fraction of sp³-hybridized carbons (Fsp3) is 0.314. The van der Waals surface area contributed by atoms with E-state index >= 15 is 0 Å². The van der Waals surface area contributed by atoms with Gasteiger partial charge < -0.3 is 24.6 Å². The maximum atomic E-state index is 13.8. The number of ether oxygens (including phenoxy) is 3. The molecule has 0 radical (unpaired) electrons. The molecule has 2 N–H and O–H groups in total. The van der Waals surface area contributed by atoms with Crippen molar-refractivity contribution in [3.63, 3.8) is 0 Å². The van der Waals surface area contributed by atoms with Crippen LogP contribution < -0.4 is 19.5 Å². The number of hydrogen-bond donors (Lipinski definition) is 2. The monoisotopic (exact) mass is 627 g/mol. The number of methoxy groups -OCH3 is 1. The van der Waals surface area contributed by atoms with E-state index in [9.17, 15) is 14.1 Å². The van der Waals surface area contributed by atoms with Crippen molar-refractivity contribution >= 4 is 16.9 Å². The van der Waals surface area contributed by atoms with Crippen molar-refractivity contribution < 1.29 is 28.3 Å². The van der Waals surface area contributed by atoms with E-state index in [0.29, 0.717) is 30.2 Å². The minimum Gasteiger partial charge on any atom is -0.497 e. The summed E-state index contributed by atoms with van der Waals surface area (Å²) in [6.45, 7) is 6.57. The van der Waals surface area contributed by atoms with Gasteiger partial charge in [0.1, 0.15) is 22.4 Å². The highest BCUT2D eigenvalue weighted by atomic mass is 32.2. The molecule has 1 amide bonds. The quantitative estimate of drug-likeness (QED) is 0.242. The highest BCUT2D eigenvalue weighted by Gasteiger charge is 2.40. The molecule has 1 aromatic heterocycles. The average molecular weight is 628 g/mol. The number of fused-ring (bicyclic) bond motifs is 2. The lowest BCUT2D eigenvalue weighted by Gasteiger charge is -2.30. The summed E-state index contributed by atoms with van der Waals surface area (Å²) in [4.78, 5) is 18.6. The zero-order chi connectivity index (χ0) is 31.7. The number of aliphatic hydroxyl groups excluding tert-OH is 1. The van der Waals surface area contributed by atoms with E-state index in [4.69, 9.17) is 19.2 Å². The fourth-order valence-corrected chi connectivity index (χ4v) is 7.18. The molecule has 2 aliphatic heterocycles. The predicted molar refractivity (Wildman–Crippen MR) is 173 cm³/mol. The third-order valence-electron chi connectivity index (χ3n) is 7.95. The Bertz CT molecular complexity index is 1770. The Kier molecular flexibility index (Phi) is 8.63. The lowest BCUT2D eigenvalue weighted by molar-refractivity contribution is 0.0945. The highest BCUT2D eigenvalue weighted by molar-refractivity contribution is 7.84. The Morgan fingerprint density at radius 2 is 1.76 bits per heavy atom. The minimum atomic E-state index is -1.36. The van der Waals surface area contributed by atoms with Gasteiger partial charge in [0.05, 0.1) is 23.6 Å². The maximum Gasteiger partial charge on any atom is 0.270 e. The molecule has 234 valence electrons. The Hall–Kier alpha value is -4.25. The number of rotatable bonds is 9. The average Bonchev–Trinajstić information content (AvgIpc) is 3.67. The van der Waals surface area contributed by atoms with Crippen LogP contribution in [0.25, 0.3) is 22.4 Å². The molecule has 0 unspecified atom stereocenters. The maximum absolute atomic E-state index is 13.8. The van der Waals surface area contributed by atoms with Crippen molar-refractivity contribution in [3.05, 3.63) is 95.2 Å². The third kappa shape index (κ3) is 6.31. The van der Waals surface area contributed by atoms with Crippen LogP contribution in [0.3, 0.4) is 0 Å². The summed E-state index contributed by atoms with van der Waals surface area (Å²) in [7, 11) is 0.278. The number of aromatic nitrogens is 1. The summed E-state index contributed by atoms with van der Waals surface area (Å²) in [6.07, 6.45) is 0.384. The van der Waals surface area contributed by atoms with Crippen LogP contribution in [-0.4, -0.2) is 49.8 Å². The van der Waals surface area contributed by atoms with E-state index < -0.39 is 15.7 Å². The fourth-order valence-electron chi connectivity index (χ4n) is 5.78. The third-order valence-corrected chi connectivity index (χ3v) is 9.81. The van der Waals surface area contributed by atoms with Crippen molar-refractivity contribution in [1.82, 2.24) is 14.6 Å². The van der Waals surface area contributed by atoms with Crippen LogP contribution in [0.1, 0.15) is 60.4 Å². The second kappa shape index (κ2) is 12.6. The number of carbonyl (C=O) groups is 1. The van der Waals surface area contributed by atoms with Crippen LogP contribution in [0.5, 0.6) is 17.2 Å². The summed E-state index contributed by atoms with van der Waals surface area (Å²) in [5.41, 5.74) is 6.30. The summed E-state index contributed by atoms with van der Waals surface area (Å²) < 4.78 is 31.5.